The fourth-order valence-electron chi connectivity index (χ4n) is 7.59. The normalized spacial score (nSPS) is 20.8. The van der Waals surface area contributed by atoms with Crippen molar-refractivity contribution < 1.29 is 9.47 Å². The van der Waals surface area contributed by atoms with Crippen molar-refractivity contribution in [1.29, 1.82) is 0 Å². The predicted octanol–water partition coefficient (Wildman–Crippen LogP) is 9.61. The molecule has 5 aromatic carbocycles. The molecule has 0 saturated heterocycles. The van der Waals surface area contributed by atoms with Crippen LogP contribution in [0.15, 0.2) is 146 Å². The van der Waals surface area contributed by atoms with Crippen molar-refractivity contribution in [2.45, 2.75) is 24.0 Å². The Hall–Kier alpha value is -6.07. The van der Waals surface area contributed by atoms with Gasteiger partial charge >= 0.3 is 0 Å². The van der Waals surface area contributed by atoms with E-state index in [9.17, 15) is 0 Å². The molecule has 0 saturated carbocycles. The van der Waals surface area contributed by atoms with Crippen molar-refractivity contribution >= 4 is 11.6 Å². The molecule has 2 aliphatic heterocycles. The summed E-state index contributed by atoms with van der Waals surface area (Å²) in [4.78, 5) is 15.5. The number of aromatic nitrogens is 3. The van der Waals surface area contributed by atoms with Gasteiger partial charge in [0.1, 0.15) is 23.7 Å². The van der Waals surface area contributed by atoms with Crippen LogP contribution >= 0.6 is 0 Å². The molecule has 5 nitrogen and oxygen atoms in total. The Morgan fingerprint density at radius 3 is 2.12 bits per heavy atom. The van der Waals surface area contributed by atoms with Gasteiger partial charge in [-0.1, -0.05) is 127 Å². The van der Waals surface area contributed by atoms with Crippen LogP contribution in [-0.2, 0) is 0 Å². The molecule has 2 aliphatic carbocycles. The lowest BCUT2D eigenvalue weighted by atomic mass is 9.78. The molecule has 0 amide bonds. The van der Waals surface area contributed by atoms with Crippen LogP contribution in [0.25, 0.3) is 45.6 Å². The molecule has 4 atom stereocenters. The summed E-state index contributed by atoms with van der Waals surface area (Å²) in [7, 11) is 0. The van der Waals surface area contributed by atoms with E-state index in [0.29, 0.717) is 17.5 Å². The summed E-state index contributed by atoms with van der Waals surface area (Å²) >= 11 is 0. The van der Waals surface area contributed by atoms with Gasteiger partial charge in [0.25, 0.3) is 0 Å². The summed E-state index contributed by atoms with van der Waals surface area (Å²) in [6.07, 6.45) is 10.5. The van der Waals surface area contributed by atoms with Crippen LogP contribution in [0.5, 0.6) is 11.5 Å². The van der Waals surface area contributed by atoms with Gasteiger partial charge in [-0.2, -0.15) is 0 Å². The van der Waals surface area contributed by atoms with Crippen molar-refractivity contribution in [1.82, 2.24) is 15.0 Å². The number of para-hydroxylation sites is 1. The van der Waals surface area contributed by atoms with Crippen molar-refractivity contribution in [2.24, 2.45) is 0 Å². The minimum Gasteiger partial charge on any atom is -0.484 e. The highest BCUT2D eigenvalue weighted by Crippen LogP contribution is 2.56. The van der Waals surface area contributed by atoms with E-state index in [2.05, 4.69) is 115 Å². The Morgan fingerprint density at radius 1 is 0.521 bits per heavy atom. The molecule has 3 heterocycles. The van der Waals surface area contributed by atoms with E-state index >= 15 is 0 Å². The number of ether oxygens (including phenoxy) is 2. The Balaban J connectivity index is 1.16. The lowest BCUT2D eigenvalue weighted by molar-refractivity contribution is 0.226. The molecule has 1 aromatic heterocycles. The van der Waals surface area contributed by atoms with E-state index in [0.717, 1.165) is 56.0 Å². The molecule has 228 valence electrons. The van der Waals surface area contributed by atoms with Crippen molar-refractivity contribution in [3.05, 3.63) is 174 Å². The summed E-state index contributed by atoms with van der Waals surface area (Å²) < 4.78 is 13.4. The van der Waals surface area contributed by atoms with Gasteiger partial charge in [0, 0.05) is 33.7 Å². The van der Waals surface area contributed by atoms with Gasteiger partial charge in [-0.05, 0) is 41.0 Å². The first-order valence-corrected chi connectivity index (χ1v) is 16.4. The second kappa shape index (κ2) is 10.7. The summed E-state index contributed by atoms with van der Waals surface area (Å²) in [6, 6.07) is 41.9. The lowest BCUT2D eigenvalue weighted by Crippen LogP contribution is -2.18. The molecule has 4 aliphatic rings. The molecule has 10 rings (SSSR count). The van der Waals surface area contributed by atoms with Gasteiger partial charge in [-0.15, -0.1) is 0 Å². The SMILES string of the molecule is C1=CC2Oc3c(-c4nc(C5=Cc6ccccc6C6Oc7cc(-c8ccccc8)ccc7C56)nc(-c5ccccc5)n4)cccc3C2C=C1. The monoisotopic (exact) mass is 619 g/mol. The van der Waals surface area contributed by atoms with Gasteiger partial charge in [0.05, 0.1) is 11.5 Å². The Kier molecular flexibility index (Phi) is 6.06. The molecule has 0 fully saturated rings. The van der Waals surface area contributed by atoms with E-state index in [4.69, 9.17) is 24.4 Å². The number of hydrogen-bond donors (Lipinski definition) is 0. The highest BCUT2D eigenvalue weighted by atomic mass is 16.5. The number of benzene rings is 5. The fraction of sp³-hybridized carbons (Fsp3) is 0.0930. The number of nitrogens with zero attached hydrogens (tertiary/aromatic N) is 3. The molecule has 0 bridgehead atoms. The van der Waals surface area contributed by atoms with E-state index in [1.165, 1.54) is 5.56 Å². The molecular formula is C43H29N3O2. The molecule has 0 radical (unpaired) electrons. The number of hydrogen-bond acceptors (Lipinski definition) is 5. The largest absolute Gasteiger partial charge is 0.484 e. The van der Waals surface area contributed by atoms with E-state index in [1.54, 1.807) is 0 Å². The first-order chi connectivity index (χ1) is 23.8. The van der Waals surface area contributed by atoms with Crippen LogP contribution in [0, 0.1) is 0 Å². The zero-order valence-electron chi connectivity index (χ0n) is 25.9. The van der Waals surface area contributed by atoms with Crippen molar-refractivity contribution in [3.63, 3.8) is 0 Å². The number of allylic oxidation sites excluding steroid dienone is 2. The van der Waals surface area contributed by atoms with Crippen LogP contribution in [0.4, 0.5) is 0 Å². The maximum absolute atomic E-state index is 6.85. The fourth-order valence-corrected chi connectivity index (χ4v) is 7.59. The minimum atomic E-state index is -0.200. The maximum atomic E-state index is 6.85. The van der Waals surface area contributed by atoms with Gasteiger partial charge < -0.3 is 9.47 Å². The number of fused-ring (bicyclic) bond motifs is 8. The smallest absolute Gasteiger partial charge is 0.167 e. The van der Waals surface area contributed by atoms with E-state index in [-0.39, 0.29) is 24.0 Å². The predicted molar refractivity (Wildman–Crippen MR) is 188 cm³/mol. The van der Waals surface area contributed by atoms with Gasteiger partial charge in [-0.25, -0.2) is 15.0 Å². The standard InChI is InChI=1S/C43H29N3O2/c1-3-12-26(13-4-1)28-22-23-33-37(25-28)48-40-30-17-8-7-16-29(30)24-35(38(33)40)43-45-41(27-14-5-2-6-15-27)44-42(46-43)34-20-11-19-32-31-18-9-10-21-36(31)47-39(32)34/h1-25,31,36,38,40H. The third-order valence-corrected chi connectivity index (χ3v) is 9.87. The summed E-state index contributed by atoms with van der Waals surface area (Å²) in [5.41, 5.74) is 9.66. The lowest BCUT2D eigenvalue weighted by Gasteiger charge is -2.28. The maximum Gasteiger partial charge on any atom is 0.167 e. The van der Waals surface area contributed by atoms with Crippen LogP contribution < -0.4 is 9.47 Å². The van der Waals surface area contributed by atoms with Gasteiger partial charge in [0.15, 0.2) is 17.5 Å². The molecule has 5 heteroatoms. The molecule has 0 N–H and O–H groups in total. The summed E-state index contributed by atoms with van der Waals surface area (Å²) in [5, 5.41) is 0. The van der Waals surface area contributed by atoms with Crippen LogP contribution in [0.3, 0.4) is 0 Å². The highest BCUT2D eigenvalue weighted by Gasteiger charge is 2.43. The van der Waals surface area contributed by atoms with Gasteiger partial charge in [-0.3, -0.25) is 0 Å². The zero-order valence-corrected chi connectivity index (χ0v) is 25.9. The average Bonchev–Trinajstić information content (AvgIpc) is 3.74. The number of rotatable bonds is 4. The Morgan fingerprint density at radius 2 is 1.25 bits per heavy atom. The first kappa shape index (κ1) is 27.1. The van der Waals surface area contributed by atoms with Crippen LogP contribution in [0.1, 0.15) is 46.0 Å². The molecule has 4 unspecified atom stereocenters. The van der Waals surface area contributed by atoms with E-state index < -0.39 is 0 Å². The summed E-state index contributed by atoms with van der Waals surface area (Å²) in [5.74, 6) is 3.67. The highest BCUT2D eigenvalue weighted by molar-refractivity contribution is 5.89. The molecular weight excluding hydrogens is 590 g/mol. The topological polar surface area (TPSA) is 57.1 Å². The Labute approximate surface area is 278 Å². The van der Waals surface area contributed by atoms with Crippen molar-refractivity contribution in [3.8, 4) is 45.4 Å². The third kappa shape index (κ3) is 4.28. The zero-order chi connectivity index (χ0) is 31.6. The Bertz CT molecular complexity index is 2330. The molecule has 0 spiro atoms. The summed E-state index contributed by atoms with van der Waals surface area (Å²) in [6.45, 7) is 0. The van der Waals surface area contributed by atoms with Crippen LogP contribution in [0.2, 0.25) is 0 Å². The van der Waals surface area contributed by atoms with E-state index in [1.807, 2.05) is 36.4 Å². The third-order valence-electron chi connectivity index (χ3n) is 9.87. The second-order valence-electron chi connectivity index (χ2n) is 12.6. The minimum absolute atomic E-state index is 0.0349. The second-order valence-corrected chi connectivity index (χ2v) is 12.6. The average molecular weight is 620 g/mol. The van der Waals surface area contributed by atoms with Crippen LogP contribution in [-0.4, -0.2) is 21.1 Å². The quantitative estimate of drug-likeness (QED) is 0.197. The first-order valence-electron chi connectivity index (χ1n) is 16.4. The van der Waals surface area contributed by atoms with Crippen molar-refractivity contribution in [2.75, 3.05) is 0 Å². The molecule has 48 heavy (non-hydrogen) atoms. The van der Waals surface area contributed by atoms with Gasteiger partial charge in [0.2, 0.25) is 0 Å². The molecule has 6 aromatic rings.